The second-order valence-electron chi connectivity index (χ2n) is 3.18. The van der Waals surface area contributed by atoms with E-state index in [-0.39, 0.29) is 0 Å². The molecule has 0 bridgehead atoms. The van der Waals surface area contributed by atoms with E-state index in [1.807, 2.05) is 6.92 Å². The SMILES string of the molecule is C=C1CC(c2nc(C)cs2)C1. The molecule has 0 aromatic carbocycles. The molecule has 0 N–H and O–H groups in total. The summed E-state index contributed by atoms with van der Waals surface area (Å²) in [7, 11) is 0. The number of thiazole rings is 1. The van der Waals surface area contributed by atoms with Gasteiger partial charge in [-0.2, -0.15) is 0 Å². The molecular weight excluding hydrogens is 154 g/mol. The third kappa shape index (κ3) is 1.23. The van der Waals surface area contributed by atoms with Crippen LogP contribution in [0.5, 0.6) is 0 Å². The lowest BCUT2D eigenvalue weighted by Crippen LogP contribution is -2.11. The molecule has 1 aromatic rings. The predicted octanol–water partition coefficient (Wildman–Crippen LogP) is 2.89. The van der Waals surface area contributed by atoms with Crippen molar-refractivity contribution in [2.45, 2.75) is 25.7 Å². The van der Waals surface area contributed by atoms with Crippen LogP contribution in [0.15, 0.2) is 17.5 Å². The Morgan fingerprint density at radius 2 is 2.36 bits per heavy atom. The van der Waals surface area contributed by atoms with Crippen molar-refractivity contribution in [3.05, 3.63) is 28.2 Å². The zero-order valence-electron chi connectivity index (χ0n) is 6.63. The van der Waals surface area contributed by atoms with Crippen LogP contribution in [0.25, 0.3) is 0 Å². The van der Waals surface area contributed by atoms with E-state index in [2.05, 4.69) is 16.9 Å². The van der Waals surface area contributed by atoms with E-state index in [4.69, 9.17) is 0 Å². The average Bonchev–Trinajstić information content (AvgIpc) is 2.29. The molecule has 58 valence electrons. The third-order valence-electron chi connectivity index (χ3n) is 2.06. The quantitative estimate of drug-likeness (QED) is 0.583. The van der Waals surface area contributed by atoms with Crippen LogP contribution in [0.4, 0.5) is 0 Å². The van der Waals surface area contributed by atoms with Gasteiger partial charge < -0.3 is 0 Å². The zero-order valence-corrected chi connectivity index (χ0v) is 7.45. The minimum atomic E-state index is 0.696. The molecule has 0 aliphatic heterocycles. The van der Waals surface area contributed by atoms with E-state index in [1.54, 1.807) is 11.3 Å². The molecule has 0 saturated heterocycles. The molecule has 1 nitrogen and oxygen atoms in total. The van der Waals surface area contributed by atoms with Crippen LogP contribution in [0, 0.1) is 6.92 Å². The maximum absolute atomic E-state index is 4.44. The number of aromatic nitrogens is 1. The lowest BCUT2D eigenvalue weighted by molar-refractivity contribution is 0.549. The summed E-state index contributed by atoms with van der Waals surface area (Å²) in [4.78, 5) is 4.44. The molecule has 1 aromatic heterocycles. The maximum Gasteiger partial charge on any atom is 0.0965 e. The van der Waals surface area contributed by atoms with Crippen LogP contribution in [-0.2, 0) is 0 Å². The second kappa shape index (κ2) is 2.45. The lowest BCUT2D eigenvalue weighted by atomic mass is 9.82. The molecule has 0 unspecified atom stereocenters. The van der Waals surface area contributed by atoms with Crippen LogP contribution in [0.1, 0.15) is 29.5 Å². The van der Waals surface area contributed by atoms with Gasteiger partial charge in [-0.1, -0.05) is 12.2 Å². The van der Waals surface area contributed by atoms with Crippen molar-refractivity contribution in [1.29, 1.82) is 0 Å². The smallest absolute Gasteiger partial charge is 0.0965 e. The number of hydrogen-bond acceptors (Lipinski definition) is 2. The summed E-state index contributed by atoms with van der Waals surface area (Å²) in [5.74, 6) is 0.696. The number of rotatable bonds is 1. The molecule has 2 heteroatoms. The topological polar surface area (TPSA) is 12.9 Å². The van der Waals surface area contributed by atoms with Gasteiger partial charge >= 0.3 is 0 Å². The molecule has 0 radical (unpaired) electrons. The first-order valence-corrected chi connectivity index (χ1v) is 4.72. The van der Waals surface area contributed by atoms with Crippen LogP contribution in [-0.4, -0.2) is 4.98 Å². The summed E-state index contributed by atoms with van der Waals surface area (Å²) in [6.07, 6.45) is 2.32. The van der Waals surface area contributed by atoms with Gasteiger partial charge in [0, 0.05) is 17.0 Å². The maximum atomic E-state index is 4.44. The Kier molecular flexibility index (Phi) is 1.57. The van der Waals surface area contributed by atoms with Crippen molar-refractivity contribution in [2.24, 2.45) is 0 Å². The minimum Gasteiger partial charge on any atom is -0.246 e. The van der Waals surface area contributed by atoms with E-state index in [9.17, 15) is 0 Å². The van der Waals surface area contributed by atoms with Gasteiger partial charge in [0.05, 0.1) is 5.01 Å². The Labute approximate surface area is 70.8 Å². The Morgan fingerprint density at radius 1 is 1.64 bits per heavy atom. The van der Waals surface area contributed by atoms with Gasteiger partial charge in [-0.3, -0.25) is 0 Å². The number of aryl methyl sites for hydroxylation is 1. The Hall–Kier alpha value is -0.630. The monoisotopic (exact) mass is 165 g/mol. The fourth-order valence-electron chi connectivity index (χ4n) is 1.37. The van der Waals surface area contributed by atoms with Crippen LogP contribution < -0.4 is 0 Å². The van der Waals surface area contributed by atoms with E-state index in [1.165, 1.54) is 10.6 Å². The first-order valence-electron chi connectivity index (χ1n) is 3.84. The average molecular weight is 165 g/mol. The number of hydrogen-bond donors (Lipinski definition) is 0. The Morgan fingerprint density at radius 3 is 2.82 bits per heavy atom. The Bertz CT molecular complexity index is 280. The van der Waals surface area contributed by atoms with Gasteiger partial charge in [0.1, 0.15) is 0 Å². The summed E-state index contributed by atoms with van der Waals surface area (Å²) >= 11 is 1.78. The fraction of sp³-hybridized carbons (Fsp3) is 0.444. The molecule has 0 amide bonds. The highest BCUT2D eigenvalue weighted by molar-refractivity contribution is 7.09. The highest BCUT2D eigenvalue weighted by atomic mass is 32.1. The summed E-state index contributed by atoms with van der Waals surface area (Å²) in [6, 6.07) is 0. The van der Waals surface area contributed by atoms with Crippen molar-refractivity contribution in [1.82, 2.24) is 4.98 Å². The second-order valence-corrected chi connectivity index (χ2v) is 4.07. The minimum absolute atomic E-state index is 0.696. The van der Waals surface area contributed by atoms with Gasteiger partial charge in [0.2, 0.25) is 0 Å². The van der Waals surface area contributed by atoms with Gasteiger partial charge in [-0.25, -0.2) is 4.98 Å². The third-order valence-corrected chi connectivity index (χ3v) is 3.18. The summed E-state index contributed by atoms with van der Waals surface area (Å²) in [5.41, 5.74) is 2.53. The predicted molar refractivity (Wildman–Crippen MR) is 48.0 cm³/mol. The van der Waals surface area contributed by atoms with Gasteiger partial charge in [0.15, 0.2) is 0 Å². The van der Waals surface area contributed by atoms with E-state index >= 15 is 0 Å². The molecular formula is C9H11NS. The molecule has 1 aliphatic rings. The normalized spacial score (nSPS) is 18.5. The molecule has 11 heavy (non-hydrogen) atoms. The highest BCUT2D eigenvalue weighted by Crippen LogP contribution is 2.40. The van der Waals surface area contributed by atoms with Crippen molar-refractivity contribution >= 4 is 11.3 Å². The molecule has 0 atom stereocenters. The molecule has 1 heterocycles. The van der Waals surface area contributed by atoms with Crippen molar-refractivity contribution < 1.29 is 0 Å². The number of allylic oxidation sites excluding steroid dienone is 1. The lowest BCUT2D eigenvalue weighted by Gasteiger charge is -2.25. The van der Waals surface area contributed by atoms with Gasteiger partial charge in [-0.15, -0.1) is 11.3 Å². The molecule has 0 spiro atoms. The number of nitrogens with zero attached hydrogens (tertiary/aromatic N) is 1. The van der Waals surface area contributed by atoms with E-state index in [0.717, 1.165) is 18.5 Å². The molecule has 1 fully saturated rings. The van der Waals surface area contributed by atoms with Crippen LogP contribution in [0.2, 0.25) is 0 Å². The summed E-state index contributed by atoms with van der Waals surface area (Å²) in [5, 5.41) is 3.42. The van der Waals surface area contributed by atoms with Crippen molar-refractivity contribution in [3.63, 3.8) is 0 Å². The summed E-state index contributed by atoms with van der Waals surface area (Å²) in [6.45, 7) is 5.97. The van der Waals surface area contributed by atoms with E-state index < -0.39 is 0 Å². The highest BCUT2D eigenvalue weighted by Gasteiger charge is 2.25. The van der Waals surface area contributed by atoms with Crippen molar-refractivity contribution in [2.75, 3.05) is 0 Å². The van der Waals surface area contributed by atoms with Crippen LogP contribution >= 0.6 is 11.3 Å². The van der Waals surface area contributed by atoms with Gasteiger partial charge in [-0.05, 0) is 19.8 Å². The fourth-order valence-corrected chi connectivity index (χ4v) is 2.27. The molecule has 2 rings (SSSR count). The van der Waals surface area contributed by atoms with Crippen LogP contribution in [0.3, 0.4) is 0 Å². The summed E-state index contributed by atoms with van der Waals surface area (Å²) < 4.78 is 0. The Balaban J connectivity index is 2.12. The zero-order chi connectivity index (χ0) is 7.84. The van der Waals surface area contributed by atoms with Gasteiger partial charge in [0.25, 0.3) is 0 Å². The first kappa shape index (κ1) is 7.04. The van der Waals surface area contributed by atoms with E-state index in [0.29, 0.717) is 5.92 Å². The molecule has 1 saturated carbocycles. The standard InChI is InChI=1S/C9H11NS/c1-6-3-8(4-6)9-10-7(2)5-11-9/h5,8H,1,3-4H2,2H3. The molecule has 1 aliphatic carbocycles. The first-order chi connectivity index (χ1) is 5.25. The van der Waals surface area contributed by atoms with Crippen molar-refractivity contribution in [3.8, 4) is 0 Å². The largest absolute Gasteiger partial charge is 0.246 e.